The molecule has 2 nitrogen and oxygen atoms in total. The molecule has 1 saturated carbocycles. The lowest BCUT2D eigenvalue weighted by Crippen LogP contribution is -2.30. The Labute approximate surface area is 117 Å². The zero-order valence-electron chi connectivity index (χ0n) is 12.3. The van der Waals surface area contributed by atoms with Crippen LogP contribution in [0.2, 0.25) is 0 Å². The Morgan fingerprint density at radius 3 is 2.74 bits per heavy atom. The number of rotatable bonds is 6. The zero-order valence-corrected chi connectivity index (χ0v) is 12.3. The van der Waals surface area contributed by atoms with E-state index in [-0.39, 0.29) is 0 Å². The van der Waals surface area contributed by atoms with Gasteiger partial charge < -0.3 is 10.1 Å². The standard InChI is InChI=1S/C17H27NO/c1-18-16(11-14-7-4-3-5-8-14)12-15-9-6-10-17(13-15)19-2/h6,9-10,13-14,16,18H,3-5,7-8,11-12H2,1-2H3. The number of benzene rings is 1. The smallest absolute Gasteiger partial charge is 0.119 e. The molecule has 0 aliphatic heterocycles. The Bertz CT molecular complexity index is 371. The van der Waals surface area contributed by atoms with E-state index in [1.54, 1.807) is 7.11 Å². The number of methoxy groups -OCH3 is 1. The van der Waals surface area contributed by atoms with Crippen LogP contribution in [0.4, 0.5) is 0 Å². The van der Waals surface area contributed by atoms with Gasteiger partial charge >= 0.3 is 0 Å². The minimum atomic E-state index is 0.593. The molecule has 1 aliphatic rings. The molecule has 1 atom stereocenters. The van der Waals surface area contributed by atoms with E-state index in [4.69, 9.17) is 4.74 Å². The molecule has 1 aliphatic carbocycles. The van der Waals surface area contributed by atoms with Gasteiger partial charge in [0.1, 0.15) is 5.75 Å². The van der Waals surface area contributed by atoms with Crippen molar-refractivity contribution in [3.05, 3.63) is 29.8 Å². The Kier molecular flexibility index (Phi) is 5.71. The van der Waals surface area contributed by atoms with Crippen molar-refractivity contribution in [2.24, 2.45) is 5.92 Å². The van der Waals surface area contributed by atoms with E-state index < -0.39 is 0 Å². The second-order valence-electron chi connectivity index (χ2n) is 5.78. The summed E-state index contributed by atoms with van der Waals surface area (Å²) < 4.78 is 5.30. The lowest BCUT2D eigenvalue weighted by Gasteiger charge is -2.26. The highest BCUT2D eigenvalue weighted by molar-refractivity contribution is 5.28. The van der Waals surface area contributed by atoms with E-state index in [0.717, 1.165) is 18.1 Å². The van der Waals surface area contributed by atoms with Crippen LogP contribution in [0.5, 0.6) is 5.75 Å². The molecule has 1 N–H and O–H groups in total. The monoisotopic (exact) mass is 261 g/mol. The Morgan fingerprint density at radius 2 is 2.05 bits per heavy atom. The number of nitrogens with one attached hydrogen (secondary N) is 1. The van der Waals surface area contributed by atoms with Gasteiger partial charge in [-0.05, 0) is 43.5 Å². The molecule has 1 fully saturated rings. The minimum Gasteiger partial charge on any atom is -0.497 e. The summed E-state index contributed by atoms with van der Waals surface area (Å²) in [5.41, 5.74) is 1.37. The fourth-order valence-electron chi connectivity index (χ4n) is 3.21. The molecule has 2 heteroatoms. The second-order valence-corrected chi connectivity index (χ2v) is 5.78. The lowest BCUT2D eigenvalue weighted by molar-refractivity contribution is 0.302. The van der Waals surface area contributed by atoms with Crippen LogP contribution >= 0.6 is 0 Å². The van der Waals surface area contributed by atoms with Crippen molar-refractivity contribution in [2.75, 3.05) is 14.2 Å². The molecule has 19 heavy (non-hydrogen) atoms. The number of likely N-dealkylation sites (N-methyl/N-ethyl adjacent to an activating group) is 1. The minimum absolute atomic E-state index is 0.593. The van der Waals surface area contributed by atoms with Gasteiger partial charge in [0.15, 0.2) is 0 Å². The molecule has 0 amide bonds. The first-order chi connectivity index (χ1) is 9.31. The van der Waals surface area contributed by atoms with Crippen molar-refractivity contribution in [2.45, 2.75) is 51.0 Å². The summed E-state index contributed by atoms with van der Waals surface area (Å²) in [7, 11) is 3.82. The number of hydrogen-bond acceptors (Lipinski definition) is 2. The highest BCUT2D eigenvalue weighted by Crippen LogP contribution is 2.28. The molecule has 0 aromatic heterocycles. The lowest BCUT2D eigenvalue weighted by atomic mass is 9.83. The molecule has 2 rings (SSSR count). The van der Waals surface area contributed by atoms with Crippen LogP contribution in [-0.4, -0.2) is 20.2 Å². The van der Waals surface area contributed by atoms with Crippen molar-refractivity contribution >= 4 is 0 Å². The molecule has 0 bridgehead atoms. The van der Waals surface area contributed by atoms with E-state index in [2.05, 4.69) is 30.6 Å². The summed E-state index contributed by atoms with van der Waals surface area (Å²) in [5, 5.41) is 3.49. The Balaban J connectivity index is 1.90. The maximum atomic E-state index is 5.30. The van der Waals surface area contributed by atoms with E-state index >= 15 is 0 Å². The van der Waals surface area contributed by atoms with Crippen molar-refractivity contribution in [3.63, 3.8) is 0 Å². The second kappa shape index (κ2) is 7.54. The van der Waals surface area contributed by atoms with Crippen molar-refractivity contribution in [1.82, 2.24) is 5.32 Å². The Morgan fingerprint density at radius 1 is 1.26 bits per heavy atom. The highest BCUT2D eigenvalue weighted by Gasteiger charge is 2.18. The molecule has 0 spiro atoms. The average molecular weight is 261 g/mol. The first-order valence-corrected chi connectivity index (χ1v) is 7.62. The predicted molar refractivity (Wildman–Crippen MR) is 80.7 cm³/mol. The van der Waals surface area contributed by atoms with Crippen LogP contribution in [0.15, 0.2) is 24.3 Å². The van der Waals surface area contributed by atoms with Crippen molar-refractivity contribution < 1.29 is 4.74 Å². The van der Waals surface area contributed by atoms with Gasteiger partial charge in [-0.3, -0.25) is 0 Å². The molecule has 0 saturated heterocycles. The van der Waals surface area contributed by atoms with Gasteiger partial charge in [0.2, 0.25) is 0 Å². The third-order valence-corrected chi connectivity index (χ3v) is 4.37. The molecule has 106 valence electrons. The van der Waals surface area contributed by atoms with E-state index in [9.17, 15) is 0 Å². The summed E-state index contributed by atoms with van der Waals surface area (Å²) >= 11 is 0. The summed E-state index contributed by atoms with van der Waals surface area (Å²) in [6.45, 7) is 0. The molecule has 0 radical (unpaired) electrons. The van der Waals surface area contributed by atoms with Gasteiger partial charge in [0.05, 0.1) is 7.11 Å². The predicted octanol–water partition coefficient (Wildman–Crippen LogP) is 3.80. The maximum absolute atomic E-state index is 5.30. The first kappa shape index (κ1) is 14.4. The highest BCUT2D eigenvalue weighted by atomic mass is 16.5. The van der Waals surface area contributed by atoms with Crippen LogP contribution in [0, 0.1) is 5.92 Å². The number of hydrogen-bond donors (Lipinski definition) is 1. The summed E-state index contributed by atoms with van der Waals surface area (Å²) in [4.78, 5) is 0. The van der Waals surface area contributed by atoms with E-state index in [1.807, 2.05) is 6.07 Å². The van der Waals surface area contributed by atoms with E-state index in [1.165, 1.54) is 44.1 Å². The normalized spacial score (nSPS) is 18.2. The van der Waals surface area contributed by atoms with Gasteiger partial charge in [0.25, 0.3) is 0 Å². The largest absolute Gasteiger partial charge is 0.497 e. The molecular formula is C17H27NO. The topological polar surface area (TPSA) is 21.3 Å². The number of ether oxygens (including phenoxy) is 1. The zero-order chi connectivity index (χ0) is 13.5. The maximum Gasteiger partial charge on any atom is 0.119 e. The fourth-order valence-corrected chi connectivity index (χ4v) is 3.21. The summed E-state index contributed by atoms with van der Waals surface area (Å²) in [6, 6.07) is 9.05. The van der Waals surface area contributed by atoms with Gasteiger partial charge in [-0.2, -0.15) is 0 Å². The quantitative estimate of drug-likeness (QED) is 0.841. The molecule has 1 aromatic carbocycles. The van der Waals surface area contributed by atoms with Gasteiger partial charge in [-0.25, -0.2) is 0 Å². The van der Waals surface area contributed by atoms with Crippen LogP contribution in [0.3, 0.4) is 0 Å². The van der Waals surface area contributed by atoms with Crippen molar-refractivity contribution in [3.8, 4) is 5.75 Å². The van der Waals surface area contributed by atoms with Gasteiger partial charge in [-0.1, -0.05) is 44.2 Å². The third kappa shape index (κ3) is 4.54. The average Bonchev–Trinajstić information content (AvgIpc) is 2.48. The first-order valence-electron chi connectivity index (χ1n) is 7.62. The van der Waals surface area contributed by atoms with Crippen LogP contribution in [0.25, 0.3) is 0 Å². The fraction of sp³-hybridized carbons (Fsp3) is 0.647. The van der Waals surface area contributed by atoms with Crippen molar-refractivity contribution in [1.29, 1.82) is 0 Å². The van der Waals surface area contributed by atoms with Crippen LogP contribution in [-0.2, 0) is 6.42 Å². The summed E-state index contributed by atoms with van der Waals surface area (Å²) in [5.74, 6) is 1.89. The summed E-state index contributed by atoms with van der Waals surface area (Å²) in [6.07, 6.45) is 9.57. The van der Waals surface area contributed by atoms with Gasteiger partial charge in [-0.15, -0.1) is 0 Å². The molecule has 1 unspecified atom stereocenters. The van der Waals surface area contributed by atoms with E-state index in [0.29, 0.717) is 6.04 Å². The Hall–Kier alpha value is -1.02. The molecule has 1 aromatic rings. The molecular weight excluding hydrogens is 234 g/mol. The third-order valence-electron chi connectivity index (χ3n) is 4.37. The van der Waals surface area contributed by atoms with Crippen LogP contribution in [0.1, 0.15) is 44.1 Å². The SMILES string of the molecule is CNC(Cc1cccc(OC)c1)CC1CCCCC1. The van der Waals surface area contributed by atoms with Crippen LogP contribution < -0.4 is 10.1 Å². The van der Waals surface area contributed by atoms with Gasteiger partial charge in [0, 0.05) is 6.04 Å². The molecule has 0 heterocycles.